The first-order valence-corrected chi connectivity index (χ1v) is 11.9. The van der Waals surface area contributed by atoms with Crippen LogP contribution < -0.4 is 16.2 Å². The highest BCUT2D eigenvalue weighted by atomic mass is 16.2. The van der Waals surface area contributed by atoms with Crippen LogP contribution in [0.25, 0.3) is 10.9 Å². The molecule has 0 saturated carbocycles. The molecule has 180 valence electrons. The Labute approximate surface area is 201 Å². The molecule has 2 N–H and O–H groups in total. The van der Waals surface area contributed by atoms with Crippen molar-refractivity contribution in [3.8, 4) is 0 Å². The molecule has 0 unspecified atom stereocenters. The van der Waals surface area contributed by atoms with E-state index in [-0.39, 0.29) is 23.3 Å². The number of unbranched alkanes of at least 4 members (excludes halogenated alkanes) is 2. The standard InChI is InChI=1S/C25H26N6O4/c32-22(10-2-1-5-14-31-25(35)17-7-3-4-8-20(17)28-29-31)26-16-11-12-19-18(15-16)24(34)30-13-6-9-21(30)23(33)27-19/h3-4,7-8,11-12,15,21H,1-2,5-6,9-10,13-14H2,(H,26,32)(H,27,33)/t21-/m1/s1. The van der Waals surface area contributed by atoms with E-state index in [1.165, 1.54) is 4.68 Å². The van der Waals surface area contributed by atoms with Gasteiger partial charge in [-0.25, -0.2) is 4.68 Å². The highest BCUT2D eigenvalue weighted by molar-refractivity contribution is 6.11. The fraction of sp³-hybridized carbons (Fsp3) is 0.360. The minimum atomic E-state index is -0.426. The first kappa shape index (κ1) is 22.7. The number of carbonyl (C=O) groups excluding carboxylic acids is 3. The molecule has 2 aliphatic heterocycles. The number of amides is 3. The van der Waals surface area contributed by atoms with E-state index in [0.717, 1.165) is 12.8 Å². The number of carbonyl (C=O) groups is 3. The number of nitrogens with one attached hydrogen (secondary N) is 2. The van der Waals surface area contributed by atoms with Gasteiger partial charge in [0.15, 0.2) is 0 Å². The van der Waals surface area contributed by atoms with Gasteiger partial charge < -0.3 is 15.5 Å². The molecule has 0 aliphatic carbocycles. The number of benzene rings is 2. The second-order valence-corrected chi connectivity index (χ2v) is 8.90. The molecule has 0 bridgehead atoms. The van der Waals surface area contributed by atoms with Crippen molar-refractivity contribution in [2.24, 2.45) is 0 Å². The summed E-state index contributed by atoms with van der Waals surface area (Å²) in [4.78, 5) is 51.9. The number of nitrogens with zero attached hydrogens (tertiary/aromatic N) is 4. The lowest BCUT2D eigenvalue weighted by Crippen LogP contribution is -2.40. The van der Waals surface area contributed by atoms with Crippen LogP contribution >= 0.6 is 0 Å². The maximum Gasteiger partial charge on any atom is 0.277 e. The van der Waals surface area contributed by atoms with Gasteiger partial charge in [0.05, 0.1) is 16.6 Å². The van der Waals surface area contributed by atoms with Crippen molar-refractivity contribution in [1.29, 1.82) is 0 Å². The van der Waals surface area contributed by atoms with Crippen LogP contribution in [0.1, 0.15) is 48.9 Å². The molecule has 0 radical (unpaired) electrons. The zero-order valence-corrected chi connectivity index (χ0v) is 19.2. The number of hydrogen-bond donors (Lipinski definition) is 2. The largest absolute Gasteiger partial charge is 0.327 e. The average Bonchev–Trinajstić information content (AvgIpc) is 3.33. The van der Waals surface area contributed by atoms with E-state index in [0.29, 0.717) is 66.6 Å². The minimum Gasteiger partial charge on any atom is -0.327 e. The molecule has 5 rings (SSSR count). The van der Waals surface area contributed by atoms with Gasteiger partial charge in [0, 0.05) is 25.2 Å². The summed E-state index contributed by atoms with van der Waals surface area (Å²) in [6, 6.07) is 11.7. The third-order valence-corrected chi connectivity index (χ3v) is 6.51. The molecule has 2 aliphatic rings. The summed E-state index contributed by atoms with van der Waals surface area (Å²) in [6.45, 7) is 0.998. The second kappa shape index (κ2) is 9.65. The molecule has 1 atom stereocenters. The van der Waals surface area contributed by atoms with Gasteiger partial charge >= 0.3 is 0 Å². The minimum absolute atomic E-state index is 0.156. The van der Waals surface area contributed by atoms with E-state index in [4.69, 9.17) is 0 Å². The molecule has 3 amide bonds. The van der Waals surface area contributed by atoms with Crippen LogP contribution in [0, 0.1) is 0 Å². The third-order valence-electron chi connectivity index (χ3n) is 6.51. The Morgan fingerprint density at radius 2 is 1.94 bits per heavy atom. The first-order chi connectivity index (χ1) is 17.0. The van der Waals surface area contributed by atoms with Crippen LogP contribution in [0.5, 0.6) is 0 Å². The molecule has 10 heteroatoms. The average molecular weight is 475 g/mol. The Hall–Kier alpha value is -4.08. The Kier molecular flexibility index (Phi) is 6.26. The van der Waals surface area contributed by atoms with Gasteiger partial charge in [0.25, 0.3) is 11.5 Å². The number of aromatic nitrogens is 3. The van der Waals surface area contributed by atoms with E-state index < -0.39 is 6.04 Å². The number of aryl methyl sites for hydroxylation is 1. The van der Waals surface area contributed by atoms with Crippen LogP contribution in [0.3, 0.4) is 0 Å². The van der Waals surface area contributed by atoms with Gasteiger partial charge in [-0.1, -0.05) is 23.8 Å². The van der Waals surface area contributed by atoms with Gasteiger partial charge in [0.2, 0.25) is 11.8 Å². The zero-order valence-electron chi connectivity index (χ0n) is 19.2. The quantitative estimate of drug-likeness (QED) is 0.507. The zero-order chi connectivity index (χ0) is 24.4. The molecule has 0 spiro atoms. The summed E-state index contributed by atoms with van der Waals surface area (Å²) < 4.78 is 1.36. The van der Waals surface area contributed by atoms with Crippen LogP contribution in [-0.4, -0.2) is 50.2 Å². The maximum absolute atomic E-state index is 12.9. The maximum atomic E-state index is 12.9. The smallest absolute Gasteiger partial charge is 0.277 e. The lowest BCUT2D eigenvalue weighted by Gasteiger charge is -2.20. The predicted octanol–water partition coefficient (Wildman–Crippen LogP) is 2.55. The van der Waals surface area contributed by atoms with Crippen LogP contribution in [0.4, 0.5) is 11.4 Å². The fourth-order valence-electron chi connectivity index (χ4n) is 4.68. The molecule has 1 fully saturated rings. The van der Waals surface area contributed by atoms with Gasteiger partial charge in [-0.15, -0.1) is 5.10 Å². The number of fused-ring (bicyclic) bond motifs is 3. The number of hydrogen-bond acceptors (Lipinski definition) is 6. The van der Waals surface area contributed by atoms with E-state index in [2.05, 4.69) is 20.9 Å². The Morgan fingerprint density at radius 3 is 2.83 bits per heavy atom. The van der Waals surface area contributed by atoms with Crippen LogP contribution in [0.15, 0.2) is 47.3 Å². The molecular formula is C25H26N6O4. The summed E-state index contributed by atoms with van der Waals surface area (Å²) in [6.07, 6.45) is 3.88. The summed E-state index contributed by atoms with van der Waals surface area (Å²) in [5, 5.41) is 14.3. The summed E-state index contributed by atoms with van der Waals surface area (Å²) in [5.74, 6) is -0.510. The molecule has 1 aromatic heterocycles. The third kappa shape index (κ3) is 4.64. The van der Waals surface area contributed by atoms with E-state index in [1.54, 1.807) is 41.3 Å². The lowest BCUT2D eigenvalue weighted by atomic mass is 10.1. The first-order valence-electron chi connectivity index (χ1n) is 11.9. The van der Waals surface area contributed by atoms with Crippen molar-refractivity contribution in [3.05, 3.63) is 58.4 Å². The van der Waals surface area contributed by atoms with Gasteiger partial charge in [-0.05, 0) is 56.0 Å². The summed E-state index contributed by atoms with van der Waals surface area (Å²) in [5.41, 5.74) is 1.80. The molecule has 3 heterocycles. The molecular weight excluding hydrogens is 448 g/mol. The number of anilines is 2. The fourth-order valence-corrected chi connectivity index (χ4v) is 4.68. The van der Waals surface area contributed by atoms with Crippen molar-refractivity contribution in [3.63, 3.8) is 0 Å². The molecule has 1 saturated heterocycles. The molecule has 10 nitrogen and oxygen atoms in total. The highest BCUT2D eigenvalue weighted by Crippen LogP contribution is 2.30. The van der Waals surface area contributed by atoms with Crippen molar-refractivity contribution in [1.82, 2.24) is 19.9 Å². The Balaban J connectivity index is 1.13. The van der Waals surface area contributed by atoms with E-state index in [1.807, 2.05) is 6.07 Å². The summed E-state index contributed by atoms with van der Waals surface area (Å²) >= 11 is 0. The van der Waals surface area contributed by atoms with Gasteiger partial charge in [-0.2, -0.15) is 0 Å². The van der Waals surface area contributed by atoms with Crippen molar-refractivity contribution in [2.45, 2.75) is 51.1 Å². The molecule has 35 heavy (non-hydrogen) atoms. The van der Waals surface area contributed by atoms with Gasteiger partial charge in [-0.3, -0.25) is 19.2 Å². The Bertz CT molecular complexity index is 1370. The second-order valence-electron chi connectivity index (χ2n) is 8.90. The van der Waals surface area contributed by atoms with Crippen molar-refractivity contribution in [2.75, 3.05) is 17.2 Å². The Morgan fingerprint density at radius 1 is 1.09 bits per heavy atom. The normalized spacial score (nSPS) is 17.0. The topological polar surface area (TPSA) is 126 Å². The van der Waals surface area contributed by atoms with Gasteiger partial charge in [0.1, 0.15) is 11.6 Å². The van der Waals surface area contributed by atoms with E-state index >= 15 is 0 Å². The van der Waals surface area contributed by atoms with E-state index in [9.17, 15) is 19.2 Å². The number of rotatable bonds is 7. The SMILES string of the molecule is O=C(CCCCCn1nnc2ccccc2c1=O)Nc1ccc2c(c1)C(=O)N1CCC[C@@H]1C(=O)N2. The molecule has 2 aromatic carbocycles. The monoisotopic (exact) mass is 474 g/mol. The van der Waals surface area contributed by atoms with Crippen LogP contribution in [-0.2, 0) is 16.1 Å². The highest BCUT2D eigenvalue weighted by Gasteiger charge is 2.38. The van der Waals surface area contributed by atoms with Crippen LogP contribution in [0.2, 0.25) is 0 Å². The van der Waals surface area contributed by atoms with Crippen molar-refractivity contribution >= 4 is 40.0 Å². The van der Waals surface area contributed by atoms with Crippen molar-refractivity contribution < 1.29 is 14.4 Å². The molecule has 3 aromatic rings. The lowest BCUT2D eigenvalue weighted by molar-refractivity contribution is -0.119. The summed E-state index contributed by atoms with van der Waals surface area (Å²) in [7, 11) is 0. The predicted molar refractivity (Wildman–Crippen MR) is 130 cm³/mol.